The van der Waals surface area contributed by atoms with Crippen molar-refractivity contribution in [2.24, 2.45) is 5.92 Å². The van der Waals surface area contributed by atoms with Gasteiger partial charge in [-0.1, -0.05) is 78.9 Å². The lowest BCUT2D eigenvalue weighted by atomic mass is 9.98. The first-order chi connectivity index (χ1) is 19.0. The van der Waals surface area contributed by atoms with Crippen LogP contribution in [0.1, 0.15) is 29.5 Å². The highest BCUT2D eigenvalue weighted by Crippen LogP contribution is 2.17. The summed E-state index contributed by atoms with van der Waals surface area (Å²) in [5, 5.41) is 22.3. The van der Waals surface area contributed by atoms with E-state index >= 15 is 0 Å². The molecule has 7 heteroatoms. The first kappa shape index (κ1) is 29.6. The Morgan fingerprint density at radius 2 is 1.54 bits per heavy atom. The molecule has 0 heterocycles. The monoisotopic (exact) mass is 530 g/mol. The van der Waals surface area contributed by atoms with Crippen LogP contribution in [0, 0.1) is 5.92 Å². The molecule has 39 heavy (non-hydrogen) atoms. The number of hydrogen-bond acceptors (Lipinski definition) is 5. The van der Waals surface area contributed by atoms with Gasteiger partial charge in [-0.05, 0) is 41.7 Å². The molecule has 0 radical (unpaired) electrons. The molecular weight excluding hydrogens is 492 g/mol. The topological polar surface area (TPSA) is 99.1 Å². The SMILES string of the molecule is C=CC[C@H](CC(=O)N(CCO)Cc1ccccc1)C(=O)N[C@H](CO)Cc1ccc(OCc2ccccc2)cc1. The molecule has 0 aliphatic rings. The number of carbonyl (C=O) groups excluding carboxylic acids is 2. The third-order valence-electron chi connectivity index (χ3n) is 6.40. The van der Waals surface area contributed by atoms with Crippen molar-refractivity contribution in [3.8, 4) is 5.75 Å². The maximum absolute atomic E-state index is 13.1. The minimum atomic E-state index is -0.630. The zero-order valence-electron chi connectivity index (χ0n) is 22.2. The minimum Gasteiger partial charge on any atom is -0.489 e. The van der Waals surface area contributed by atoms with Gasteiger partial charge in [-0.3, -0.25) is 9.59 Å². The molecule has 0 spiro atoms. The minimum absolute atomic E-state index is 0.0176. The molecule has 0 unspecified atom stereocenters. The van der Waals surface area contributed by atoms with E-state index in [1.54, 1.807) is 11.0 Å². The number of amides is 2. The Kier molecular flexibility index (Phi) is 12.2. The van der Waals surface area contributed by atoms with Crippen molar-refractivity contribution in [2.45, 2.75) is 38.5 Å². The van der Waals surface area contributed by atoms with E-state index in [1.165, 1.54) is 0 Å². The maximum atomic E-state index is 13.1. The van der Waals surface area contributed by atoms with Crippen molar-refractivity contribution in [2.75, 3.05) is 19.8 Å². The molecule has 3 N–H and O–H groups in total. The number of aliphatic hydroxyl groups excluding tert-OH is 2. The maximum Gasteiger partial charge on any atom is 0.224 e. The number of ether oxygens (including phenoxy) is 1. The summed E-state index contributed by atoms with van der Waals surface area (Å²) in [6.07, 6.45) is 2.35. The van der Waals surface area contributed by atoms with Crippen LogP contribution in [0.2, 0.25) is 0 Å². The lowest BCUT2D eigenvalue weighted by molar-refractivity contribution is -0.137. The molecule has 7 nitrogen and oxygen atoms in total. The molecule has 3 rings (SSSR count). The molecule has 3 aromatic rings. The van der Waals surface area contributed by atoms with Gasteiger partial charge < -0.3 is 25.2 Å². The van der Waals surface area contributed by atoms with E-state index in [0.29, 0.717) is 26.0 Å². The summed E-state index contributed by atoms with van der Waals surface area (Å²) in [4.78, 5) is 27.8. The van der Waals surface area contributed by atoms with Gasteiger partial charge in [0.1, 0.15) is 12.4 Å². The smallest absolute Gasteiger partial charge is 0.224 e. The van der Waals surface area contributed by atoms with Gasteiger partial charge in [0.2, 0.25) is 11.8 Å². The molecule has 2 atom stereocenters. The number of allylic oxidation sites excluding steroid dienone is 1. The van der Waals surface area contributed by atoms with E-state index in [2.05, 4.69) is 11.9 Å². The van der Waals surface area contributed by atoms with Crippen LogP contribution in [0.4, 0.5) is 0 Å². The van der Waals surface area contributed by atoms with Crippen molar-refractivity contribution in [1.82, 2.24) is 10.2 Å². The van der Waals surface area contributed by atoms with Gasteiger partial charge in [0.15, 0.2) is 0 Å². The van der Waals surface area contributed by atoms with E-state index in [9.17, 15) is 19.8 Å². The van der Waals surface area contributed by atoms with Crippen molar-refractivity contribution < 1.29 is 24.5 Å². The number of carbonyl (C=O) groups is 2. The molecule has 0 saturated heterocycles. The second-order valence-corrected chi connectivity index (χ2v) is 9.46. The molecule has 206 valence electrons. The lowest BCUT2D eigenvalue weighted by Gasteiger charge is -2.25. The van der Waals surface area contributed by atoms with E-state index < -0.39 is 12.0 Å². The van der Waals surface area contributed by atoms with Gasteiger partial charge in [0.05, 0.1) is 25.2 Å². The van der Waals surface area contributed by atoms with Crippen LogP contribution in [-0.4, -0.2) is 52.7 Å². The summed E-state index contributed by atoms with van der Waals surface area (Å²) >= 11 is 0. The van der Waals surface area contributed by atoms with Crippen LogP contribution in [0.25, 0.3) is 0 Å². The first-order valence-electron chi connectivity index (χ1n) is 13.2. The molecule has 0 aliphatic heterocycles. The van der Waals surface area contributed by atoms with Crippen LogP contribution in [0.3, 0.4) is 0 Å². The third kappa shape index (κ3) is 10.0. The van der Waals surface area contributed by atoms with Gasteiger partial charge in [-0.15, -0.1) is 6.58 Å². The molecule has 0 bridgehead atoms. The Labute approximate surface area is 230 Å². The standard InChI is InChI=1S/C32H38N2O5/c1-2-9-28(21-31(37)34(18-19-35)22-26-10-5-3-6-11-26)32(38)33-29(23-36)20-25-14-16-30(17-15-25)39-24-27-12-7-4-8-13-27/h2-8,10-17,28-29,35-36H,1,9,18-24H2,(H,33,38)/t28-,29+/m1/s1. The molecule has 3 aromatic carbocycles. The van der Waals surface area contributed by atoms with Gasteiger partial charge in [0.25, 0.3) is 0 Å². The van der Waals surface area contributed by atoms with Crippen molar-refractivity contribution in [3.05, 3.63) is 114 Å². The third-order valence-corrected chi connectivity index (χ3v) is 6.40. The number of rotatable bonds is 16. The van der Waals surface area contributed by atoms with Gasteiger partial charge in [0, 0.05) is 19.5 Å². The van der Waals surface area contributed by atoms with Gasteiger partial charge in [-0.25, -0.2) is 0 Å². The average molecular weight is 531 g/mol. The highest BCUT2D eigenvalue weighted by molar-refractivity contribution is 5.86. The molecular formula is C32H38N2O5. The van der Waals surface area contributed by atoms with Crippen LogP contribution < -0.4 is 10.1 Å². The highest BCUT2D eigenvalue weighted by Gasteiger charge is 2.26. The summed E-state index contributed by atoms with van der Waals surface area (Å²) in [7, 11) is 0. The number of nitrogens with one attached hydrogen (secondary N) is 1. The molecule has 0 saturated carbocycles. The van der Waals surface area contributed by atoms with Gasteiger partial charge >= 0.3 is 0 Å². The lowest BCUT2D eigenvalue weighted by Crippen LogP contribution is -2.44. The fraction of sp³-hybridized carbons (Fsp3) is 0.312. The fourth-order valence-electron chi connectivity index (χ4n) is 4.27. The second kappa shape index (κ2) is 16.1. The van der Waals surface area contributed by atoms with Crippen LogP contribution in [0.15, 0.2) is 97.6 Å². The molecule has 0 aromatic heterocycles. The predicted molar refractivity (Wildman–Crippen MR) is 152 cm³/mol. The van der Waals surface area contributed by atoms with E-state index in [0.717, 1.165) is 22.4 Å². The summed E-state index contributed by atoms with van der Waals surface area (Å²) in [5.74, 6) is -0.426. The summed E-state index contributed by atoms with van der Waals surface area (Å²) in [6, 6.07) is 26.5. The number of hydrogen-bond donors (Lipinski definition) is 3. The van der Waals surface area contributed by atoms with Crippen molar-refractivity contribution in [1.29, 1.82) is 0 Å². The molecule has 0 fully saturated rings. The highest BCUT2D eigenvalue weighted by atomic mass is 16.5. The van der Waals surface area contributed by atoms with Gasteiger partial charge in [-0.2, -0.15) is 0 Å². The number of aliphatic hydroxyl groups is 2. The quantitative estimate of drug-likeness (QED) is 0.244. The Hall–Kier alpha value is -3.94. The van der Waals surface area contributed by atoms with E-state index in [-0.39, 0.29) is 38.0 Å². The summed E-state index contributed by atoms with van der Waals surface area (Å²) < 4.78 is 5.83. The van der Waals surface area contributed by atoms with Crippen molar-refractivity contribution in [3.63, 3.8) is 0 Å². The van der Waals surface area contributed by atoms with Crippen LogP contribution in [0.5, 0.6) is 5.75 Å². The summed E-state index contributed by atoms with van der Waals surface area (Å²) in [5.41, 5.74) is 2.97. The zero-order valence-corrected chi connectivity index (χ0v) is 22.2. The van der Waals surface area contributed by atoms with E-state index in [4.69, 9.17) is 4.74 Å². The van der Waals surface area contributed by atoms with Crippen molar-refractivity contribution >= 4 is 11.8 Å². The average Bonchev–Trinajstić information content (AvgIpc) is 2.97. The Bertz CT molecular complexity index is 1150. The second-order valence-electron chi connectivity index (χ2n) is 9.46. The number of benzene rings is 3. The Balaban J connectivity index is 1.56. The number of nitrogens with zero attached hydrogens (tertiary/aromatic N) is 1. The largest absolute Gasteiger partial charge is 0.489 e. The normalized spacial score (nSPS) is 12.3. The van der Waals surface area contributed by atoms with E-state index in [1.807, 2.05) is 84.9 Å². The van der Waals surface area contributed by atoms with Crippen LogP contribution in [-0.2, 0) is 29.2 Å². The fourth-order valence-corrected chi connectivity index (χ4v) is 4.27. The molecule has 0 aliphatic carbocycles. The van der Waals surface area contributed by atoms with Crippen LogP contribution >= 0.6 is 0 Å². The zero-order chi connectivity index (χ0) is 27.9. The Morgan fingerprint density at radius 1 is 0.897 bits per heavy atom. The summed E-state index contributed by atoms with van der Waals surface area (Å²) in [6.45, 7) is 4.34. The first-order valence-corrected chi connectivity index (χ1v) is 13.2. The predicted octanol–water partition coefficient (Wildman–Crippen LogP) is 3.89. The Morgan fingerprint density at radius 3 is 2.13 bits per heavy atom. The molecule has 2 amide bonds.